The topological polar surface area (TPSA) is 80.4 Å². The van der Waals surface area contributed by atoms with Gasteiger partial charge in [0.1, 0.15) is 12.4 Å². The Balaban J connectivity index is 0. The number of nitrogens with zero attached hydrogens (tertiary/aromatic N) is 2. The van der Waals surface area contributed by atoms with E-state index in [1.54, 1.807) is 0 Å². The van der Waals surface area contributed by atoms with Gasteiger partial charge in [0.25, 0.3) is 0 Å². The van der Waals surface area contributed by atoms with E-state index in [1.807, 2.05) is 17.8 Å². The molecule has 0 aliphatic heterocycles. The van der Waals surface area contributed by atoms with Crippen LogP contribution in [0.1, 0.15) is 13.8 Å². The second-order valence-corrected chi connectivity index (χ2v) is 2.40. The lowest BCUT2D eigenvalue weighted by Crippen LogP contribution is -2.23. The van der Waals surface area contributed by atoms with Gasteiger partial charge in [0.15, 0.2) is 0 Å². The minimum Gasteiger partial charge on any atom is -0.550 e. The van der Waals surface area contributed by atoms with Gasteiger partial charge in [-0.3, -0.25) is 0 Å². The third-order valence-corrected chi connectivity index (χ3v) is 1.19. The van der Waals surface area contributed by atoms with Crippen LogP contribution >= 0.6 is 0 Å². The Hall–Kier alpha value is -1.36. The molecule has 0 unspecified atom stereocenters. The Bertz CT molecular complexity index is 241. The van der Waals surface area contributed by atoms with Gasteiger partial charge in [0.05, 0.1) is 13.6 Å². The highest BCUT2D eigenvalue weighted by atomic mass is 16.4. The fraction of sp³-hybridized carbons (Fsp3) is 0.500. The number of carboxylic acids is 1. The number of hydrogen-bond donors (Lipinski definition) is 0. The zero-order valence-electron chi connectivity index (χ0n) is 8.15. The van der Waals surface area contributed by atoms with Crippen LogP contribution < -0.4 is 9.67 Å². The van der Waals surface area contributed by atoms with Gasteiger partial charge in [-0.25, -0.2) is 9.13 Å². The Morgan fingerprint density at radius 2 is 2.08 bits per heavy atom. The summed E-state index contributed by atoms with van der Waals surface area (Å²) in [6.45, 7) is 4.15. The second kappa shape index (κ2) is 7.30. The molecule has 0 saturated heterocycles. The lowest BCUT2D eigenvalue weighted by atomic mass is 10.7. The molecule has 0 radical (unpaired) electrons. The number of rotatable bonds is 1. The van der Waals surface area contributed by atoms with Crippen molar-refractivity contribution >= 4 is 5.97 Å². The summed E-state index contributed by atoms with van der Waals surface area (Å²) in [7, 11) is 2.02. The molecule has 1 heterocycles. The van der Waals surface area contributed by atoms with Crippen molar-refractivity contribution in [2.75, 3.05) is 0 Å². The average Bonchev–Trinajstić information content (AvgIpc) is 2.34. The molecule has 5 heteroatoms. The highest BCUT2D eigenvalue weighted by Crippen LogP contribution is 1.79. The van der Waals surface area contributed by atoms with Gasteiger partial charge in [-0.2, -0.15) is 0 Å². The monoisotopic (exact) mass is 188 g/mol. The van der Waals surface area contributed by atoms with E-state index in [0.29, 0.717) is 0 Å². The maximum absolute atomic E-state index is 8.89. The summed E-state index contributed by atoms with van der Waals surface area (Å²) in [4.78, 5) is 8.89. The first-order valence-corrected chi connectivity index (χ1v) is 3.74. The third kappa shape index (κ3) is 8.55. The maximum Gasteiger partial charge on any atom is 0.243 e. The largest absolute Gasteiger partial charge is 0.550 e. The molecule has 1 rings (SSSR count). The SMILES string of the molecule is CC(=O)[O-].CCn1cc[n+](C)c1.O. The van der Waals surface area contributed by atoms with Gasteiger partial charge in [0, 0.05) is 5.97 Å². The van der Waals surface area contributed by atoms with E-state index in [2.05, 4.69) is 24.0 Å². The third-order valence-electron chi connectivity index (χ3n) is 1.19. The van der Waals surface area contributed by atoms with Crippen molar-refractivity contribution in [3.05, 3.63) is 18.7 Å². The lowest BCUT2D eigenvalue weighted by molar-refractivity contribution is -0.671. The van der Waals surface area contributed by atoms with Crippen LogP contribution in [0.3, 0.4) is 0 Å². The molecule has 0 spiro atoms. The number of aliphatic carboxylic acids is 1. The molecule has 0 bridgehead atoms. The van der Waals surface area contributed by atoms with E-state index >= 15 is 0 Å². The van der Waals surface area contributed by atoms with Crippen LogP contribution in [0.5, 0.6) is 0 Å². The van der Waals surface area contributed by atoms with Gasteiger partial charge in [-0.05, 0) is 13.8 Å². The van der Waals surface area contributed by atoms with Crippen LogP contribution in [-0.2, 0) is 18.4 Å². The molecule has 0 amide bonds. The zero-order chi connectivity index (χ0) is 9.56. The second-order valence-electron chi connectivity index (χ2n) is 2.40. The number of aryl methyl sites for hydroxylation is 2. The van der Waals surface area contributed by atoms with Gasteiger partial charge in [0.2, 0.25) is 6.33 Å². The fourth-order valence-corrected chi connectivity index (χ4v) is 0.689. The van der Waals surface area contributed by atoms with E-state index in [1.165, 1.54) is 0 Å². The van der Waals surface area contributed by atoms with Crippen molar-refractivity contribution in [3.8, 4) is 0 Å². The molecule has 2 N–H and O–H groups in total. The predicted molar refractivity (Wildman–Crippen MR) is 45.6 cm³/mol. The number of hydrogen-bond acceptors (Lipinski definition) is 2. The van der Waals surface area contributed by atoms with Gasteiger partial charge in [-0.15, -0.1) is 0 Å². The standard InChI is InChI=1S/C6H11N2.C2H4O2.H2O/c1-3-8-5-4-7(2)6-8;1-2(3)4;/h4-6H,3H2,1-2H3;1H3,(H,3,4);1H2/q+1;;/p-1. The summed E-state index contributed by atoms with van der Waals surface area (Å²) in [5.74, 6) is -1.08. The molecule has 1 aromatic rings. The summed E-state index contributed by atoms with van der Waals surface area (Å²) in [5, 5.41) is 8.89. The van der Waals surface area contributed by atoms with Crippen LogP contribution in [0, 0.1) is 0 Å². The summed E-state index contributed by atoms with van der Waals surface area (Å²) >= 11 is 0. The summed E-state index contributed by atoms with van der Waals surface area (Å²) in [5.41, 5.74) is 0. The van der Waals surface area contributed by atoms with Gasteiger partial charge < -0.3 is 15.4 Å². The van der Waals surface area contributed by atoms with Crippen molar-refractivity contribution in [1.29, 1.82) is 0 Å². The molecule has 0 fully saturated rings. The Labute approximate surface area is 77.5 Å². The minimum atomic E-state index is -1.08. The molecular weight excluding hydrogens is 172 g/mol. The molecule has 0 aliphatic carbocycles. The molecular formula is C8H16N2O3. The fourth-order valence-electron chi connectivity index (χ4n) is 0.689. The smallest absolute Gasteiger partial charge is 0.243 e. The van der Waals surface area contributed by atoms with Crippen molar-refractivity contribution in [1.82, 2.24) is 4.57 Å². The van der Waals surface area contributed by atoms with Crippen molar-refractivity contribution in [2.24, 2.45) is 7.05 Å². The molecule has 0 atom stereocenters. The van der Waals surface area contributed by atoms with Crippen LogP contribution in [0.2, 0.25) is 0 Å². The van der Waals surface area contributed by atoms with Gasteiger partial charge in [-0.1, -0.05) is 0 Å². The summed E-state index contributed by atoms with van der Waals surface area (Å²) in [6, 6.07) is 0. The zero-order valence-corrected chi connectivity index (χ0v) is 8.15. The van der Waals surface area contributed by atoms with E-state index in [4.69, 9.17) is 9.90 Å². The lowest BCUT2D eigenvalue weighted by Gasteiger charge is -1.81. The number of carbonyl (C=O) groups is 1. The quantitative estimate of drug-likeness (QED) is 0.490. The number of aromatic nitrogens is 2. The molecule has 76 valence electrons. The van der Waals surface area contributed by atoms with Gasteiger partial charge >= 0.3 is 0 Å². The Morgan fingerprint density at radius 1 is 1.62 bits per heavy atom. The molecule has 0 aromatic carbocycles. The van der Waals surface area contributed by atoms with E-state index < -0.39 is 5.97 Å². The van der Waals surface area contributed by atoms with Crippen molar-refractivity contribution in [2.45, 2.75) is 20.4 Å². The average molecular weight is 188 g/mol. The van der Waals surface area contributed by atoms with Crippen LogP contribution in [-0.4, -0.2) is 16.0 Å². The Kier molecular flexibility index (Phi) is 7.96. The molecule has 13 heavy (non-hydrogen) atoms. The first-order chi connectivity index (χ1) is 5.56. The Morgan fingerprint density at radius 3 is 2.23 bits per heavy atom. The van der Waals surface area contributed by atoms with Crippen molar-refractivity contribution in [3.63, 3.8) is 0 Å². The summed E-state index contributed by atoms with van der Waals surface area (Å²) < 4.78 is 4.16. The highest BCUT2D eigenvalue weighted by Gasteiger charge is 1.92. The molecule has 0 aliphatic rings. The maximum atomic E-state index is 8.89. The normalized spacial score (nSPS) is 7.92. The molecule has 1 aromatic heterocycles. The first-order valence-electron chi connectivity index (χ1n) is 3.74. The van der Waals surface area contributed by atoms with Crippen molar-refractivity contribution < 1.29 is 19.9 Å². The van der Waals surface area contributed by atoms with Crippen LogP contribution in [0.4, 0.5) is 0 Å². The van der Waals surface area contributed by atoms with E-state index in [9.17, 15) is 0 Å². The predicted octanol–water partition coefficient (Wildman–Crippen LogP) is -1.74. The molecule has 0 saturated carbocycles. The number of imidazole rings is 1. The van der Waals surface area contributed by atoms with E-state index in [-0.39, 0.29) is 5.48 Å². The highest BCUT2D eigenvalue weighted by molar-refractivity contribution is 5.60. The number of carbonyl (C=O) groups excluding carboxylic acids is 1. The number of carboxylic acid groups (broad SMARTS) is 1. The van der Waals surface area contributed by atoms with Crippen LogP contribution in [0.15, 0.2) is 18.7 Å². The van der Waals surface area contributed by atoms with E-state index in [0.717, 1.165) is 13.5 Å². The molecule has 5 nitrogen and oxygen atoms in total. The first kappa shape index (κ1) is 14.2. The summed E-state index contributed by atoms with van der Waals surface area (Å²) in [6.07, 6.45) is 6.14. The van der Waals surface area contributed by atoms with Crippen LogP contribution in [0.25, 0.3) is 0 Å². The minimum absolute atomic E-state index is 0.